The van der Waals surface area contributed by atoms with E-state index in [-0.39, 0.29) is 23.7 Å². The highest BCUT2D eigenvalue weighted by molar-refractivity contribution is 6.30. The number of methoxy groups -OCH3 is 1. The first kappa shape index (κ1) is 25.3. The molecule has 0 saturated heterocycles. The van der Waals surface area contributed by atoms with Gasteiger partial charge < -0.3 is 10.5 Å². The van der Waals surface area contributed by atoms with E-state index in [2.05, 4.69) is 18.8 Å². The van der Waals surface area contributed by atoms with E-state index >= 15 is 0 Å². The number of hydrazine groups is 1. The second-order valence-corrected chi connectivity index (χ2v) is 13.0. The number of carbonyl (C=O) groups excluding carboxylic acids is 1. The van der Waals surface area contributed by atoms with Crippen LogP contribution in [0.15, 0.2) is 12.3 Å². The van der Waals surface area contributed by atoms with Crippen LogP contribution in [0.2, 0.25) is 5.02 Å². The molecule has 0 amide bonds. The van der Waals surface area contributed by atoms with E-state index in [1.165, 1.54) is 49.7 Å². The van der Waals surface area contributed by atoms with Crippen molar-refractivity contribution in [2.75, 3.05) is 31.0 Å². The van der Waals surface area contributed by atoms with Gasteiger partial charge in [0.05, 0.1) is 23.9 Å². The molecule has 4 N–H and O–H groups in total. The third-order valence-corrected chi connectivity index (χ3v) is 11.1. The molecule has 8 atom stereocenters. The number of anilines is 2. The van der Waals surface area contributed by atoms with Gasteiger partial charge in [-0.25, -0.2) is 10.8 Å². The second-order valence-electron chi connectivity index (χ2n) is 12.5. The number of fused-ring (bicyclic) bond motifs is 5. The van der Waals surface area contributed by atoms with Gasteiger partial charge in [-0.3, -0.25) is 9.80 Å². The molecule has 0 spiro atoms. The molecule has 1 heterocycles. The molecule has 0 bridgehead atoms. The molecule has 35 heavy (non-hydrogen) atoms. The Morgan fingerprint density at radius 3 is 2.77 bits per heavy atom. The van der Waals surface area contributed by atoms with Crippen LogP contribution in [0.1, 0.15) is 71.6 Å². The molecule has 1 aromatic heterocycles. The highest BCUT2D eigenvalue weighted by Crippen LogP contribution is 2.68. The van der Waals surface area contributed by atoms with Crippen molar-refractivity contribution >= 4 is 28.9 Å². The molecule has 4 fully saturated rings. The molecule has 5 rings (SSSR count). The van der Waals surface area contributed by atoms with E-state index in [1.54, 1.807) is 6.07 Å². The molecule has 4 aliphatic carbocycles. The second kappa shape index (κ2) is 9.50. The summed E-state index contributed by atoms with van der Waals surface area (Å²) in [5.41, 5.74) is 6.93. The monoisotopic (exact) mass is 502 g/mol. The molecule has 4 aliphatic rings. The van der Waals surface area contributed by atoms with Crippen LogP contribution in [0.4, 0.5) is 11.5 Å². The molecule has 4 saturated carbocycles. The first-order valence-electron chi connectivity index (χ1n) is 13.6. The maximum Gasteiger partial charge on any atom is 0.157 e. The molecule has 194 valence electrons. The number of ether oxygens (including phenoxy) is 1. The number of aromatic nitrogens is 1. The topological polar surface area (TPSA) is 94.5 Å². The zero-order valence-corrected chi connectivity index (χ0v) is 22.4. The average molecular weight is 503 g/mol. The molecule has 0 radical (unpaired) electrons. The van der Waals surface area contributed by atoms with Crippen molar-refractivity contribution < 1.29 is 9.53 Å². The summed E-state index contributed by atoms with van der Waals surface area (Å²) in [6.07, 6.45) is 12.7. The fourth-order valence-corrected chi connectivity index (χ4v) is 9.53. The van der Waals surface area contributed by atoms with Crippen LogP contribution >= 0.6 is 11.6 Å². The quantitative estimate of drug-likeness (QED) is 0.394. The molecular formula is C28H43ClN4O2. The van der Waals surface area contributed by atoms with Crippen LogP contribution in [0, 0.1) is 46.3 Å². The van der Waals surface area contributed by atoms with E-state index < -0.39 is 0 Å². The number of pyridine rings is 1. The highest BCUT2D eigenvalue weighted by atomic mass is 35.5. The SMILES string of the molecule is COCC12CCC(C)CC1CCC1C3CCC(C(=O)CN(N)c4cc(Cl)cnc4N)C3(C)CCC12. The fraction of sp³-hybridized carbons (Fsp3) is 0.786. The van der Waals surface area contributed by atoms with Crippen LogP contribution < -0.4 is 16.6 Å². The van der Waals surface area contributed by atoms with Crippen molar-refractivity contribution in [1.82, 2.24) is 4.98 Å². The average Bonchev–Trinajstić information content (AvgIpc) is 3.18. The summed E-state index contributed by atoms with van der Waals surface area (Å²) in [4.78, 5) is 17.7. The van der Waals surface area contributed by atoms with Gasteiger partial charge in [-0.2, -0.15) is 0 Å². The molecule has 6 nitrogen and oxygen atoms in total. The maximum absolute atomic E-state index is 13.6. The van der Waals surface area contributed by atoms with Crippen molar-refractivity contribution in [1.29, 1.82) is 0 Å². The highest BCUT2D eigenvalue weighted by Gasteiger charge is 2.62. The predicted molar refractivity (Wildman–Crippen MR) is 141 cm³/mol. The molecule has 0 aromatic carbocycles. The van der Waals surface area contributed by atoms with Crippen LogP contribution in [-0.2, 0) is 9.53 Å². The summed E-state index contributed by atoms with van der Waals surface area (Å²) in [6, 6.07) is 1.68. The normalized spacial score (nSPS) is 40.5. The molecule has 7 heteroatoms. The lowest BCUT2D eigenvalue weighted by Gasteiger charge is -2.62. The largest absolute Gasteiger partial charge is 0.384 e. The zero-order valence-electron chi connectivity index (χ0n) is 21.6. The molecule has 0 aliphatic heterocycles. The number of nitrogen functional groups attached to an aromatic ring is 1. The summed E-state index contributed by atoms with van der Waals surface area (Å²) >= 11 is 6.10. The van der Waals surface area contributed by atoms with Gasteiger partial charge in [0.1, 0.15) is 5.82 Å². The van der Waals surface area contributed by atoms with E-state index in [1.807, 2.05) is 7.11 Å². The minimum atomic E-state index is 0.0512. The van der Waals surface area contributed by atoms with Gasteiger partial charge in [-0.15, -0.1) is 0 Å². The number of ketones is 1. The van der Waals surface area contributed by atoms with Crippen molar-refractivity contribution in [2.24, 2.45) is 52.2 Å². The van der Waals surface area contributed by atoms with Gasteiger partial charge in [0.15, 0.2) is 5.78 Å². The summed E-state index contributed by atoms with van der Waals surface area (Å²) in [5.74, 6) is 10.6. The van der Waals surface area contributed by atoms with E-state index in [0.29, 0.717) is 33.8 Å². The number of Topliss-reactive ketones (excluding diaryl/α,β-unsaturated/α-hetero) is 1. The van der Waals surface area contributed by atoms with Gasteiger partial charge in [-0.05, 0) is 97.9 Å². The number of halogens is 1. The third-order valence-electron chi connectivity index (χ3n) is 10.9. The minimum absolute atomic E-state index is 0.0512. The Kier molecular flexibility index (Phi) is 6.86. The number of nitrogens with zero attached hydrogens (tertiary/aromatic N) is 2. The first-order chi connectivity index (χ1) is 16.7. The van der Waals surface area contributed by atoms with Crippen molar-refractivity contribution in [3.05, 3.63) is 17.3 Å². The summed E-state index contributed by atoms with van der Waals surface area (Å²) in [5, 5.41) is 1.89. The van der Waals surface area contributed by atoms with Gasteiger partial charge in [-0.1, -0.05) is 31.9 Å². The molecular weight excluding hydrogens is 460 g/mol. The number of hydrogen-bond donors (Lipinski definition) is 2. The lowest BCUT2D eigenvalue weighted by atomic mass is 9.44. The minimum Gasteiger partial charge on any atom is -0.384 e. The summed E-state index contributed by atoms with van der Waals surface area (Å²) < 4.78 is 5.93. The number of hydrogen-bond acceptors (Lipinski definition) is 6. The Morgan fingerprint density at radius 2 is 2.00 bits per heavy atom. The van der Waals surface area contributed by atoms with Crippen molar-refractivity contribution in [3.63, 3.8) is 0 Å². The first-order valence-corrected chi connectivity index (χ1v) is 14.0. The summed E-state index contributed by atoms with van der Waals surface area (Å²) in [6.45, 7) is 5.88. The standard InChI is InChI=1S/C28H43ClN4O2/c1-17-8-11-28(16-35-3)18(12-17)4-5-20-21-6-7-23(27(21,2)10-9-22(20)28)25(34)15-33(31)24-13-19(29)14-32-26(24)30/h13-14,17-18,20-23H,4-12,15-16,31H2,1-3H3,(H2,30,32). The van der Waals surface area contributed by atoms with E-state index in [4.69, 9.17) is 27.9 Å². The number of nitrogens with two attached hydrogens (primary N) is 2. The zero-order chi connectivity index (χ0) is 25.0. The Hall–Kier alpha value is -1.37. The van der Waals surface area contributed by atoms with Gasteiger partial charge >= 0.3 is 0 Å². The van der Waals surface area contributed by atoms with Gasteiger partial charge in [0, 0.05) is 19.2 Å². The van der Waals surface area contributed by atoms with Gasteiger partial charge in [0.2, 0.25) is 0 Å². The smallest absolute Gasteiger partial charge is 0.157 e. The Labute approximate surface area is 215 Å². The lowest BCUT2D eigenvalue weighted by molar-refractivity contribution is -0.154. The van der Waals surface area contributed by atoms with Gasteiger partial charge in [0.25, 0.3) is 0 Å². The van der Waals surface area contributed by atoms with E-state index in [9.17, 15) is 4.79 Å². The Bertz CT molecular complexity index is 959. The third kappa shape index (κ3) is 4.18. The molecule has 1 aromatic rings. The van der Waals surface area contributed by atoms with E-state index in [0.717, 1.165) is 43.6 Å². The predicted octanol–water partition coefficient (Wildman–Crippen LogP) is 5.49. The number of carbonyl (C=O) groups is 1. The van der Waals surface area contributed by atoms with Crippen LogP contribution in [0.3, 0.4) is 0 Å². The number of rotatable bonds is 6. The van der Waals surface area contributed by atoms with Crippen LogP contribution in [0.5, 0.6) is 0 Å². The van der Waals surface area contributed by atoms with Crippen LogP contribution in [-0.4, -0.2) is 31.0 Å². The van der Waals surface area contributed by atoms with Crippen molar-refractivity contribution in [2.45, 2.75) is 71.6 Å². The lowest BCUT2D eigenvalue weighted by Crippen LogP contribution is -2.56. The Balaban J connectivity index is 1.34. The van der Waals surface area contributed by atoms with Crippen molar-refractivity contribution in [3.8, 4) is 0 Å². The fourth-order valence-electron chi connectivity index (χ4n) is 9.38. The maximum atomic E-state index is 13.6. The van der Waals surface area contributed by atoms with Crippen LogP contribution in [0.25, 0.3) is 0 Å². The molecule has 8 unspecified atom stereocenters. The summed E-state index contributed by atoms with van der Waals surface area (Å²) in [7, 11) is 1.89. The Morgan fingerprint density at radius 1 is 1.20 bits per heavy atom.